The first-order valence-electron chi connectivity index (χ1n) is 14.1. The summed E-state index contributed by atoms with van der Waals surface area (Å²) in [6.07, 6.45) is 1.18. The first kappa shape index (κ1) is 31.3. The number of hydrogen-bond donors (Lipinski definition) is 4. The Hall–Kier alpha value is -3.23. The lowest BCUT2D eigenvalue weighted by atomic mass is 9.73. The van der Waals surface area contributed by atoms with Gasteiger partial charge in [-0.15, -0.1) is 0 Å². The van der Waals surface area contributed by atoms with Gasteiger partial charge < -0.3 is 25.5 Å². The number of benzene rings is 2. The van der Waals surface area contributed by atoms with Crippen LogP contribution in [0.4, 0.5) is 11.4 Å². The van der Waals surface area contributed by atoms with Gasteiger partial charge in [0.25, 0.3) is 0 Å². The van der Waals surface area contributed by atoms with E-state index in [1.807, 2.05) is 25.1 Å². The van der Waals surface area contributed by atoms with Crippen molar-refractivity contribution in [3.05, 3.63) is 52.6 Å². The van der Waals surface area contributed by atoms with Crippen molar-refractivity contribution in [1.82, 2.24) is 0 Å². The van der Waals surface area contributed by atoms with E-state index in [0.717, 1.165) is 16.8 Å². The zero-order chi connectivity index (χ0) is 29.6. The highest BCUT2D eigenvalue weighted by molar-refractivity contribution is 6.04. The molecule has 218 valence electrons. The van der Waals surface area contributed by atoms with Crippen LogP contribution >= 0.6 is 0 Å². The highest BCUT2D eigenvalue weighted by atomic mass is 16.3. The molecule has 8 nitrogen and oxygen atoms in total. The van der Waals surface area contributed by atoms with Crippen molar-refractivity contribution in [2.75, 3.05) is 37.5 Å². The molecule has 2 aromatic carbocycles. The summed E-state index contributed by atoms with van der Waals surface area (Å²) in [7, 11) is 3.79. The van der Waals surface area contributed by atoms with Gasteiger partial charge in [0, 0.05) is 45.3 Å². The molecule has 0 aromatic heterocycles. The maximum absolute atomic E-state index is 13.5. The summed E-state index contributed by atoms with van der Waals surface area (Å²) in [5.41, 5.74) is 4.72. The fraction of sp³-hybridized carbons (Fsp3) is 0.531. The highest BCUT2D eigenvalue weighted by Crippen LogP contribution is 2.44. The van der Waals surface area contributed by atoms with Crippen molar-refractivity contribution in [3.63, 3.8) is 0 Å². The molecule has 0 radical (unpaired) electrons. The van der Waals surface area contributed by atoms with E-state index in [2.05, 4.69) is 43.4 Å². The van der Waals surface area contributed by atoms with Crippen LogP contribution in [0, 0.1) is 17.8 Å². The summed E-state index contributed by atoms with van der Waals surface area (Å²) in [6, 6.07) is 10.2. The molecule has 0 spiro atoms. The van der Waals surface area contributed by atoms with Crippen LogP contribution in [-0.2, 0) is 22.6 Å². The minimum Gasteiger partial charge on any atom is -0.505 e. The van der Waals surface area contributed by atoms with Crippen molar-refractivity contribution in [3.8, 4) is 5.75 Å². The van der Waals surface area contributed by atoms with Crippen molar-refractivity contribution < 1.29 is 29.7 Å². The number of phenols is 1. The lowest BCUT2D eigenvalue weighted by molar-refractivity contribution is -0.131. The molecule has 3 unspecified atom stereocenters. The minimum absolute atomic E-state index is 0.0559. The van der Waals surface area contributed by atoms with Gasteiger partial charge in [-0.1, -0.05) is 38.1 Å². The largest absolute Gasteiger partial charge is 0.505 e. The van der Waals surface area contributed by atoms with Crippen molar-refractivity contribution in [1.29, 1.82) is 0 Å². The lowest BCUT2D eigenvalue weighted by Crippen LogP contribution is -2.33. The smallest absolute Gasteiger partial charge is 0.167 e. The summed E-state index contributed by atoms with van der Waals surface area (Å²) < 4.78 is 0. The fourth-order valence-electron chi connectivity index (χ4n) is 5.82. The highest BCUT2D eigenvalue weighted by Gasteiger charge is 2.36. The third kappa shape index (κ3) is 7.49. The average Bonchev–Trinajstić information content (AvgIpc) is 2.88. The zero-order valence-electron chi connectivity index (χ0n) is 24.4. The number of nitrogens with one attached hydrogen (secondary N) is 1. The summed E-state index contributed by atoms with van der Waals surface area (Å²) in [6.45, 7) is 5.56. The Labute approximate surface area is 237 Å². The number of Topliss-reactive ketones (excluding diaryl/α,β-unsaturated/α-hetero) is 3. The van der Waals surface area contributed by atoms with Gasteiger partial charge in [0.15, 0.2) is 5.78 Å². The summed E-state index contributed by atoms with van der Waals surface area (Å²) >= 11 is 0. The van der Waals surface area contributed by atoms with Gasteiger partial charge in [0.05, 0.1) is 24.3 Å². The molecular weight excluding hydrogens is 508 g/mol. The normalized spacial score (nSPS) is 16.4. The van der Waals surface area contributed by atoms with Crippen molar-refractivity contribution >= 4 is 28.7 Å². The maximum atomic E-state index is 13.5. The number of carbonyl (C=O) groups is 3. The first-order valence-corrected chi connectivity index (χ1v) is 14.1. The number of rotatable bonds is 14. The monoisotopic (exact) mass is 552 g/mol. The Bertz CT molecular complexity index is 1200. The zero-order valence-corrected chi connectivity index (χ0v) is 24.4. The maximum Gasteiger partial charge on any atom is 0.167 e. The summed E-state index contributed by atoms with van der Waals surface area (Å²) in [5.74, 6) is -1.65. The minimum atomic E-state index is -0.768. The Kier molecular flexibility index (Phi) is 10.9. The number of fused-ring (bicyclic) bond motifs is 1. The van der Waals surface area contributed by atoms with Crippen molar-refractivity contribution in [2.45, 2.75) is 65.3 Å². The Morgan fingerprint density at radius 3 is 2.33 bits per heavy atom. The predicted octanol–water partition coefficient (Wildman–Crippen LogP) is 4.48. The summed E-state index contributed by atoms with van der Waals surface area (Å²) in [5, 5.41) is 34.1. The molecule has 0 aliphatic heterocycles. The third-order valence-corrected chi connectivity index (χ3v) is 7.98. The lowest BCUT2D eigenvalue weighted by Gasteiger charge is -2.33. The molecule has 1 aliphatic rings. The molecule has 0 saturated carbocycles. The molecule has 4 N–H and O–H groups in total. The molecule has 0 heterocycles. The topological polar surface area (TPSA) is 127 Å². The second kappa shape index (κ2) is 13.9. The van der Waals surface area contributed by atoms with Crippen LogP contribution in [0.25, 0.3) is 0 Å². The number of carbonyl (C=O) groups excluding carboxylic acids is 3. The number of anilines is 2. The van der Waals surface area contributed by atoms with Gasteiger partial charge in [0.1, 0.15) is 17.3 Å². The van der Waals surface area contributed by atoms with Crippen LogP contribution in [0.2, 0.25) is 0 Å². The van der Waals surface area contributed by atoms with Crippen LogP contribution in [0.5, 0.6) is 5.75 Å². The Balaban J connectivity index is 1.86. The van der Waals surface area contributed by atoms with Crippen molar-refractivity contribution in [2.24, 2.45) is 17.8 Å². The number of aliphatic hydroxyl groups excluding tert-OH is 2. The first-order chi connectivity index (χ1) is 19.0. The number of phenolic OH excluding ortho intramolecular Hbond substituents is 1. The number of ketones is 3. The van der Waals surface area contributed by atoms with Gasteiger partial charge in [-0.3, -0.25) is 14.4 Å². The molecule has 0 saturated heterocycles. The summed E-state index contributed by atoms with van der Waals surface area (Å²) in [4.78, 5) is 39.6. The van der Waals surface area contributed by atoms with E-state index in [-0.39, 0.29) is 54.4 Å². The second-order valence-corrected chi connectivity index (χ2v) is 11.6. The Morgan fingerprint density at radius 2 is 1.77 bits per heavy atom. The molecule has 0 fully saturated rings. The Morgan fingerprint density at radius 1 is 1.10 bits per heavy atom. The number of aliphatic hydroxyl groups is 2. The number of aromatic hydroxyl groups is 1. The third-order valence-electron chi connectivity index (χ3n) is 7.98. The van der Waals surface area contributed by atoms with E-state index in [0.29, 0.717) is 43.0 Å². The van der Waals surface area contributed by atoms with E-state index in [9.17, 15) is 29.7 Å². The van der Waals surface area contributed by atoms with Gasteiger partial charge >= 0.3 is 0 Å². The van der Waals surface area contributed by atoms with Crippen LogP contribution in [0.3, 0.4) is 0 Å². The quantitative estimate of drug-likeness (QED) is 0.200. The van der Waals surface area contributed by atoms with Gasteiger partial charge in [-0.25, -0.2) is 0 Å². The average molecular weight is 553 g/mol. The molecule has 0 amide bonds. The van der Waals surface area contributed by atoms with Gasteiger partial charge in [-0.2, -0.15) is 0 Å². The predicted molar refractivity (Wildman–Crippen MR) is 157 cm³/mol. The molecular formula is C32H44N2O6. The molecule has 1 aliphatic carbocycles. The van der Waals surface area contributed by atoms with Gasteiger partial charge in [-0.05, 0) is 66.7 Å². The molecule has 3 rings (SSSR count). The van der Waals surface area contributed by atoms with E-state index in [4.69, 9.17) is 0 Å². The standard InChI is InChI=1S/C32H44N2O6/c1-19(2)23-8-6-21(7-9-23)17-33-27-16-28(34(4)5)25-14-22(15-30(39)31(25)32(27)40)13-24(10-11-35)26(18-36)29(38)12-20(3)37/h6-9,16,19,22,24,26,33,35-36,40H,10-15,17-18H2,1-5H3. The molecule has 0 bridgehead atoms. The van der Waals surface area contributed by atoms with E-state index in [1.165, 1.54) is 12.5 Å². The number of nitrogens with zero attached hydrogens (tertiary/aromatic N) is 1. The van der Waals surface area contributed by atoms with E-state index in [1.54, 1.807) is 0 Å². The molecule has 8 heteroatoms. The van der Waals surface area contributed by atoms with Crippen LogP contribution in [0.15, 0.2) is 30.3 Å². The van der Waals surface area contributed by atoms with E-state index >= 15 is 0 Å². The van der Waals surface area contributed by atoms with Crippen LogP contribution < -0.4 is 10.2 Å². The van der Waals surface area contributed by atoms with Crippen LogP contribution in [-0.4, -0.2) is 60.0 Å². The molecule has 2 aromatic rings. The van der Waals surface area contributed by atoms with Crippen LogP contribution in [0.1, 0.15) is 79.4 Å². The molecule has 40 heavy (non-hydrogen) atoms. The van der Waals surface area contributed by atoms with Gasteiger partial charge in [0.2, 0.25) is 0 Å². The SMILES string of the molecule is CC(=O)CC(=O)C(CO)C(CCO)CC1CC(=O)c2c(O)c(NCc3ccc(C(C)C)cc3)cc(N(C)C)c2C1. The second-order valence-electron chi connectivity index (χ2n) is 11.6. The number of hydrogen-bond acceptors (Lipinski definition) is 8. The molecule has 3 atom stereocenters. The fourth-order valence-corrected chi connectivity index (χ4v) is 5.82. The van der Waals surface area contributed by atoms with E-state index < -0.39 is 12.5 Å².